The maximum Gasteiger partial charge on any atom is 0.274 e. The van der Waals surface area contributed by atoms with Crippen LogP contribution < -0.4 is 0 Å². The monoisotopic (exact) mass is 344 g/mol. The van der Waals surface area contributed by atoms with Crippen LogP contribution in [0.15, 0.2) is 67.1 Å². The van der Waals surface area contributed by atoms with E-state index in [2.05, 4.69) is 22.1 Å². The highest BCUT2D eigenvalue weighted by Crippen LogP contribution is 2.32. The average Bonchev–Trinajstić information content (AvgIpc) is 3.19. The van der Waals surface area contributed by atoms with Gasteiger partial charge >= 0.3 is 0 Å². The number of nitrogens with zero attached hydrogens (tertiary/aromatic N) is 4. The predicted molar refractivity (Wildman–Crippen MR) is 98.5 cm³/mol. The normalized spacial score (nSPS) is 16.6. The summed E-state index contributed by atoms with van der Waals surface area (Å²) in [6, 6.07) is 16.4. The first-order valence-electron chi connectivity index (χ1n) is 8.88. The molecule has 1 atom stereocenters. The van der Waals surface area contributed by atoms with Crippen molar-refractivity contribution < 1.29 is 4.79 Å². The topological polar surface area (TPSA) is 59.0 Å². The fraction of sp³-hybridized carbons (Fsp3) is 0.238. The molecule has 0 saturated carbocycles. The van der Waals surface area contributed by atoms with Gasteiger partial charge in [-0.25, -0.2) is 4.98 Å². The van der Waals surface area contributed by atoms with Crippen LogP contribution in [0.2, 0.25) is 0 Å². The molecule has 3 heterocycles. The number of amides is 1. The number of carbonyl (C=O) groups is 1. The van der Waals surface area contributed by atoms with Crippen LogP contribution in [0.5, 0.6) is 0 Å². The first-order valence-corrected chi connectivity index (χ1v) is 8.88. The van der Waals surface area contributed by atoms with E-state index in [1.54, 1.807) is 12.4 Å². The van der Waals surface area contributed by atoms with Crippen molar-refractivity contribution in [2.24, 2.45) is 0 Å². The molecule has 26 heavy (non-hydrogen) atoms. The Kier molecular flexibility index (Phi) is 4.69. The van der Waals surface area contributed by atoms with E-state index in [1.807, 2.05) is 41.3 Å². The number of hydrogen-bond donors (Lipinski definition) is 0. The Balaban J connectivity index is 1.56. The molecule has 1 aliphatic rings. The Bertz CT molecular complexity index is 883. The first-order chi connectivity index (χ1) is 12.8. The van der Waals surface area contributed by atoms with Gasteiger partial charge in [-0.2, -0.15) is 0 Å². The minimum absolute atomic E-state index is 0.000212. The van der Waals surface area contributed by atoms with Gasteiger partial charge in [-0.05, 0) is 30.5 Å². The predicted octanol–water partition coefficient (Wildman–Crippen LogP) is 3.44. The molecular weight excluding hydrogens is 324 g/mol. The van der Waals surface area contributed by atoms with E-state index in [1.165, 1.54) is 11.8 Å². The fourth-order valence-corrected chi connectivity index (χ4v) is 3.46. The van der Waals surface area contributed by atoms with Crippen molar-refractivity contribution >= 4 is 5.91 Å². The number of pyridine rings is 1. The summed E-state index contributed by atoms with van der Waals surface area (Å²) in [5.74, 6) is -0.0733. The third kappa shape index (κ3) is 3.47. The molecule has 0 unspecified atom stereocenters. The van der Waals surface area contributed by atoms with Crippen LogP contribution in [-0.2, 0) is 6.42 Å². The van der Waals surface area contributed by atoms with Crippen molar-refractivity contribution in [2.75, 3.05) is 6.54 Å². The molecule has 3 aromatic rings. The summed E-state index contributed by atoms with van der Waals surface area (Å²) in [6.07, 6.45) is 7.34. The van der Waals surface area contributed by atoms with Gasteiger partial charge in [-0.15, -0.1) is 0 Å². The van der Waals surface area contributed by atoms with Crippen molar-refractivity contribution in [1.82, 2.24) is 19.9 Å². The van der Waals surface area contributed by atoms with Crippen LogP contribution in [0.1, 0.15) is 46.3 Å². The summed E-state index contributed by atoms with van der Waals surface area (Å²) < 4.78 is 0. The third-order valence-electron chi connectivity index (χ3n) is 4.69. The van der Waals surface area contributed by atoms with E-state index < -0.39 is 0 Å². The molecule has 4 rings (SSSR count). The van der Waals surface area contributed by atoms with E-state index in [4.69, 9.17) is 4.98 Å². The Labute approximate surface area is 152 Å². The van der Waals surface area contributed by atoms with Crippen LogP contribution in [-0.4, -0.2) is 32.3 Å². The molecule has 1 aliphatic heterocycles. The smallest absolute Gasteiger partial charge is 0.274 e. The van der Waals surface area contributed by atoms with Crippen LogP contribution in [0, 0.1) is 0 Å². The molecule has 0 N–H and O–H groups in total. The summed E-state index contributed by atoms with van der Waals surface area (Å²) in [7, 11) is 0. The largest absolute Gasteiger partial charge is 0.329 e. The van der Waals surface area contributed by atoms with E-state index >= 15 is 0 Å². The third-order valence-corrected chi connectivity index (χ3v) is 4.69. The molecule has 0 aliphatic carbocycles. The Morgan fingerprint density at radius 3 is 2.77 bits per heavy atom. The van der Waals surface area contributed by atoms with Crippen molar-refractivity contribution in [1.29, 1.82) is 0 Å². The van der Waals surface area contributed by atoms with E-state index in [9.17, 15) is 4.79 Å². The number of likely N-dealkylation sites (tertiary alicyclic amines) is 1. The number of benzene rings is 1. The molecule has 5 nitrogen and oxygen atoms in total. The lowest BCUT2D eigenvalue weighted by Crippen LogP contribution is -2.31. The average molecular weight is 344 g/mol. The lowest BCUT2D eigenvalue weighted by Gasteiger charge is -2.24. The second-order valence-electron chi connectivity index (χ2n) is 6.46. The zero-order valence-corrected chi connectivity index (χ0v) is 14.5. The van der Waals surface area contributed by atoms with Gasteiger partial charge in [-0.3, -0.25) is 14.8 Å². The maximum atomic E-state index is 12.8. The Morgan fingerprint density at radius 1 is 1.08 bits per heavy atom. The lowest BCUT2D eigenvalue weighted by atomic mass is 10.1. The highest BCUT2D eigenvalue weighted by Gasteiger charge is 2.32. The number of hydrogen-bond acceptors (Lipinski definition) is 4. The minimum Gasteiger partial charge on any atom is -0.329 e. The number of rotatable bonds is 4. The molecule has 1 fully saturated rings. The Morgan fingerprint density at radius 2 is 1.96 bits per heavy atom. The molecule has 0 radical (unpaired) electrons. The summed E-state index contributed by atoms with van der Waals surface area (Å²) in [5, 5.41) is 0. The highest BCUT2D eigenvalue weighted by atomic mass is 16.2. The molecule has 1 amide bonds. The highest BCUT2D eigenvalue weighted by molar-refractivity contribution is 5.92. The van der Waals surface area contributed by atoms with Crippen molar-refractivity contribution in [3.8, 4) is 0 Å². The van der Waals surface area contributed by atoms with Crippen molar-refractivity contribution in [3.63, 3.8) is 0 Å². The van der Waals surface area contributed by atoms with Gasteiger partial charge in [-0.1, -0.05) is 36.4 Å². The van der Waals surface area contributed by atoms with Gasteiger partial charge in [0.05, 0.1) is 17.9 Å². The Hall–Kier alpha value is -3.08. The zero-order valence-electron chi connectivity index (χ0n) is 14.5. The van der Waals surface area contributed by atoms with Gasteiger partial charge < -0.3 is 4.90 Å². The quantitative estimate of drug-likeness (QED) is 0.727. The minimum atomic E-state index is -0.0733. The van der Waals surface area contributed by atoms with E-state index in [-0.39, 0.29) is 11.9 Å². The van der Waals surface area contributed by atoms with Gasteiger partial charge in [0.15, 0.2) is 0 Å². The molecule has 5 heteroatoms. The van der Waals surface area contributed by atoms with Crippen LogP contribution in [0.3, 0.4) is 0 Å². The molecule has 0 spiro atoms. The first kappa shape index (κ1) is 16.4. The maximum absolute atomic E-state index is 12.8. The molecule has 2 aromatic heterocycles. The van der Waals surface area contributed by atoms with Crippen molar-refractivity contribution in [2.45, 2.75) is 25.3 Å². The van der Waals surface area contributed by atoms with Crippen LogP contribution in [0.4, 0.5) is 0 Å². The lowest BCUT2D eigenvalue weighted by molar-refractivity contribution is 0.0726. The van der Waals surface area contributed by atoms with Crippen molar-refractivity contribution in [3.05, 3.63) is 89.8 Å². The summed E-state index contributed by atoms with van der Waals surface area (Å²) in [4.78, 5) is 27.7. The van der Waals surface area contributed by atoms with E-state index in [0.29, 0.717) is 5.69 Å². The summed E-state index contributed by atoms with van der Waals surface area (Å²) in [5.41, 5.74) is 3.59. The van der Waals surface area contributed by atoms with Gasteiger partial charge in [0.2, 0.25) is 0 Å². The molecular formula is C21H20N4O. The molecule has 130 valence electrons. The summed E-state index contributed by atoms with van der Waals surface area (Å²) in [6.45, 7) is 0.727. The fourth-order valence-electron chi connectivity index (χ4n) is 3.46. The van der Waals surface area contributed by atoms with Gasteiger partial charge in [0.1, 0.15) is 5.69 Å². The van der Waals surface area contributed by atoms with E-state index in [0.717, 1.165) is 37.2 Å². The second kappa shape index (κ2) is 7.44. The van der Waals surface area contributed by atoms with Gasteiger partial charge in [0.25, 0.3) is 5.91 Å². The number of carbonyl (C=O) groups excluding carboxylic acids is 1. The standard InChI is InChI=1S/C21H20N4O/c26-21(19-15-22-11-12-23-19)25-13-5-10-20(25)18-9-4-8-17(24-18)14-16-6-2-1-3-7-16/h1-4,6-9,11-12,15,20H,5,10,13-14H2/t20-/m1/s1. The number of aromatic nitrogens is 3. The molecule has 0 bridgehead atoms. The van der Waals surface area contributed by atoms with Gasteiger partial charge in [0, 0.05) is 31.1 Å². The SMILES string of the molecule is O=C(c1cnccn1)N1CCC[C@@H]1c1cccc(Cc2ccccc2)n1. The van der Waals surface area contributed by atoms with Crippen LogP contribution >= 0.6 is 0 Å². The van der Waals surface area contributed by atoms with Crippen LogP contribution in [0.25, 0.3) is 0 Å². The second-order valence-corrected chi connectivity index (χ2v) is 6.46. The molecule has 1 aromatic carbocycles. The molecule has 1 saturated heterocycles. The summed E-state index contributed by atoms with van der Waals surface area (Å²) >= 11 is 0. The zero-order chi connectivity index (χ0) is 17.8.